The molecule has 1 unspecified atom stereocenters. The number of benzene rings is 1. The summed E-state index contributed by atoms with van der Waals surface area (Å²) >= 11 is 1.57. The van der Waals surface area contributed by atoms with Crippen LogP contribution in [0.4, 0.5) is 5.69 Å². The summed E-state index contributed by atoms with van der Waals surface area (Å²) in [5, 5.41) is 9.91. The number of aliphatic hydroxyl groups excluding tert-OH is 1. The van der Waals surface area contributed by atoms with E-state index in [1.165, 1.54) is 0 Å². The summed E-state index contributed by atoms with van der Waals surface area (Å²) in [4.78, 5) is 50.1. The van der Waals surface area contributed by atoms with Gasteiger partial charge in [0.05, 0.1) is 36.4 Å². The topological polar surface area (TPSA) is 93.6 Å². The number of aliphatic hydroxyl groups is 1. The Bertz CT molecular complexity index is 1190. The molecule has 1 N–H and O–H groups in total. The van der Waals surface area contributed by atoms with Crippen LogP contribution in [0.2, 0.25) is 0 Å². The zero-order chi connectivity index (χ0) is 27.2. The first-order valence-corrected chi connectivity index (χ1v) is 14.6. The smallest absolute Gasteiger partial charge is 0.247 e. The van der Waals surface area contributed by atoms with Gasteiger partial charge in [-0.3, -0.25) is 19.3 Å². The van der Waals surface area contributed by atoms with Crippen molar-refractivity contribution < 1.29 is 24.2 Å². The number of fused-ring (bicyclic) bond motifs is 2. The standard InChI is InChI=1S/C29H36N4O5S/c1-28-9-5-12-32(21-7-3-2-4-8-21)25(35)22(28)23-26(36)33(15-18-34)24-27(37)31(11-6-10-29(23,24)39-28)14-13-30-16-19-38-20-17-30/h2-10,22-24,34H,11-20H2,1H3/t22-,23-,24?,28+,29-/m0/s1. The molecule has 3 amide bonds. The van der Waals surface area contributed by atoms with Crippen molar-refractivity contribution >= 4 is 35.2 Å². The Morgan fingerprint density at radius 1 is 0.923 bits per heavy atom. The van der Waals surface area contributed by atoms with Crippen molar-refractivity contribution in [2.24, 2.45) is 11.8 Å². The molecule has 1 aromatic carbocycles. The van der Waals surface area contributed by atoms with Crippen molar-refractivity contribution in [3.05, 3.63) is 54.6 Å². The molecule has 208 valence electrons. The Kier molecular flexibility index (Phi) is 7.07. The molecule has 39 heavy (non-hydrogen) atoms. The number of hydrogen-bond acceptors (Lipinski definition) is 7. The van der Waals surface area contributed by atoms with Gasteiger partial charge in [0.1, 0.15) is 6.04 Å². The first kappa shape index (κ1) is 26.6. The number of carbonyl (C=O) groups is 3. The second kappa shape index (κ2) is 10.4. The third kappa shape index (κ3) is 4.32. The van der Waals surface area contributed by atoms with Crippen LogP contribution in [-0.2, 0) is 19.1 Å². The van der Waals surface area contributed by atoms with Gasteiger partial charge in [-0.05, 0) is 19.1 Å². The number of thioether (sulfide) groups is 1. The van der Waals surface area contributed by atoms with E-state index in [1.54, 1.807) is 21.6 Å². The number of morpholine rings is 1. The highest BCUT2D eigenvalue weighted by atomic mass is 32.2. The minimum absolute atomic E-state index is 0.0645. The number of likely N-dealkylation sites (tertiary alicyclic amines) is 1. The van der Waals surface area contributed by atoms with Crippen molar-refractivity contribution in [1.82, 2.24) is 14.7 Å². The van der Waals surface area contributed by atoms with Gasteiger partial charge in [-0.15, -0.1) is 11.8 Å². The zero-order valence-corrected chi connectivity index (χ0v) is 23.1. The second-order valence-corrected chi connectivity index (χ2v) is 12.9. The normalized spacial score (nSPS) is 34.7. The molecular formula is C29H36N4O5S. The van der Waals surface area contributed by atoms with Gasteiger partial charge in [0, 0.05) is 56.2 Å². The lowest BCUT2D eigenvalue weighted by Gasteiger charge is -2.37. The lowest BCUT2D eigenvalue weighted by atomic mass is 9.74. The van der Waals surface area contributed by atoms with Crippen molar-refractivity contribution in [2.75, 3.05) is 70.5 Å². The van der Waals surface area contributed by atoms with Gasteiger partial charge >= 0.3 is 0 Å². The largest absolute Gasteiger partial charge is 0.395 e. The van der Waals surface area contributed by atoms with Crippen LogP contribution < -0.4 is 4.90 Å². The molecule has 5 aliphatic rings. The first-order chi connectivity index (χ1) is 18.9. The van der Waals surface area contributed by atoms with Crippen LogP contribution in [0.3, 0.4) is 0 Å². The molecule has 0 saturated carbocycles. The number of anilines is 1. The van der Waals surface area contributed by atoms with Crippen LogP contribution in [0.5, 0.6) is 0 Å². The molecule has 0 bridgehead atoms. The van der Waals surface area contributed by atoms with E-state index in [-0.39, 0.29) is 30.9 Å². The number of rotatable bonds is 6. The molecule has 0 radical (unpaired) electrons. The number of amides is 3. The average Bonchev–Trinajstić information content (AvgIpc) is 3.20. The van der Waals surface area contributed by atoms with Gasteiger partial charge in [-0.1, -0.05) is 42.5 Å². The van der Waals surface area contributed by atoms with Gasteiger partial charge in [-0.25, -0.2) is 0 Å². The highest BCUT2D eigenvalue weighted by Crippen LogP contribution is 2.65. The summed E-state index contributed by atoms with van der Waals surface area (Å²) in [6.45, 7) is 7.08. The molecule has 5 aliphatic heterocycles. The molecule has 9 nitrogen and oxygen atoms in total. The molecule has 3 saturated heterocycles. The highest BCUT2D eigenvalue weighted by molar-refractivity contribution is 8.02. The summed E-state index contributed by atoms with van der Waals surface area (Å²) in [5.41, 5.74) is 0.790. The number of ether oxygens (including phenoxy) is 1. The van der Waals surface area contributed by atoms with E-state index in [0.29, 0.717) is 32.8 Å². The van der Waals surface area contributed by atoms with Crippen LogP contribution in [0.25, 0.3) is 0 Å². The van der Waals surface area contributed by atoms with Gasteiger partial charge in [0.25, 0.3) is 0 Å². The summed E-state index contributed by atoms with van der Waals surface area (Å²) in [6, 6.07) is 8.76. The van der Waals surface area contributed by atoms with E-state index >= 15 is 0 Å². The lowest BCUT2D eigenvalue weighted by Crippen LogP contribution is -2.55. The fourth-order valence-corrected chi connectivity index (χ4v) is 9.20. The van der Waals surface area contributed by atoms with E-state index in [1.807, 2.05) is 60.4 Å². The average molecular weight is 553 g/mol. The number of carbonyl (C=O) groups excluding carboxylic acids is 3. The second-order valence-electron chi connectivity index (χ2n) is 11.1. The summed E-state index contributed by atoms with van der Waals surface area (Å²) in [5.74, 6) is -1.78. The molecule has 6 rings (SSSR count). The predicted octanol–water partition coefficient (Wildman–Crippen LogP) is 1.000. The zero-order valence-electron chi connectivity index (χ0n) is 22.3. The van der Waals surface area contributed by atoms with Crippen LogP contribution in [0.15, 0.2) is 54.6 Å². The minimum atomic E-state index is -0.893. The summed E-state index contributed by atoms with van der Waals surface area (Å²) in [6.07, 6.45) is 8.11. The minimum Gasteiger partial charge on any atom is -0.395 e. The van der Waals surface area contributed by atoms with E-state index in [9.17, 15) is 19.5 Å². The third-order valence-corrected chi connectivity index (χ3v) is 10.6. The molecule has 10 heteroatoms. The molecular weight excluding hydrogens is 516 g/mol. The van der Waals surface area contributed by atoms with Gasteiger partial charge < -0.3 is 24.5 Å². The first-order valence-electron chi connectivity index (χ1n) is 13.8. The van der Waals surface area contributed by atoms with Crippen molar-refractivity contribution in [2.45, 2.75) is 22.5 Å². The summed E-state index contributed by atoms with van der Waals surface area (Å²) < 4.78 is 3.91. The van der Waals surface area contributed by atoms with Gasteiger partial charge in [0.2, 0.25) is 17.7 Å². The highest BCUT2D eigenvalue weighted by Gasteiger charge is 2.73. The van der Waals surface area contributed by atoms with Crippen LogP contribution in [0, 0.1) is 11.8 Å². The number of hydrogen-bond donors (Lipinski definition) is 1. The van der Waals surface area contributed by atoms with Crippen molar-refractivity contribution in [3.63, 3.8) is 0 Å². The quantitative estimate of drug-likeness (QED) is 0.527. The Hall–Kier alpha value is -2.66. The molecule has 5 atom stereocenters. The number of para-hydroxylation sites is 1. The monoisotopic (exact) mass is 552 g/mol. The van der Waals surface area contributed by atoms with E-state index < -0.39 is 27.4 Å². The fourth-order valence-electron chi connectivity index (χ4n) is 7.04. The molecule has 3 fully saturated rings. The van der Waals surface area contributed by atoms with Gasteiger partial charge in [0.15, 0.2) is 0 Å². The fraction of sp³-hybridized carbons (Fsp3) is 0.552. The Morgan fingerprint density at radius 2 is 1.67 bits per heavy atom. The van der Waals surface area contributed by atoms with Crippen LogP contribution in [0.1, 0.15) is 6.92 Å². The maximum Gasteiger partial charge on any atom is 0.247 e. The Balaban J connectivity index is 1.36. The van der Waals surface area contributed by atoms with Crippen molar-refractivity contribution in [3.8, 4) is 0 Å². The molecule has 5 heterocycles. The number of β-amino-alcohol motifs (C(OH)–C–C–N with tert-alkyl or cyclic N) is 1. The third-order valence-electron chi connectivity index (χ3n) is 8.84. The van der Waals surface area contributed by atoms with Crippen molar-refractivity contribution in [1.29, 1.82) is 0 Å². The Morgan fingerprint density at radius 3 is 2.41 bits per heavy atom. The van der Waals surface area contributed by atoms with E-state index in [2.05, 4.69) is 11.0 Å². The molecule has 0 aromatic heterocycles. The summed E-state index contributed by atoms with van der Waals surface area (Å²) in [7, 11) is 0. The lowest BCUT2D eigenvalue weighted by molar-refractivity contribution is -0.143. The molecule has 1 spiro atoms. The van der Waals surface area contributed by atoms with Crippen LogP contribution >= 0.6 is 11.8 Å². The van der Waals surface area contributed by atoms with Crippen LogP contribution in [-0.4, -0.2) is 119 Å². The maximum atomic E-state index is 14.3. The van der Waals surface area contributed by atoms with E-state index in [0.717, 1.165) is 25.3 Å². The van der Waals surface area contributed by atoms with E-state index in [4.69, 9.17) is 4.74 Å². The SMILES string of the molecule is C[C@@]12C=CCN(c3ccccc3)C(=O)[C@@H]1[C@H]1C(=O)N(CCO)C3C(=O)N(CCN4CCOCC4)CC=C[C@@]31S2. The van der Waals surface area contributed by atoms with Gasteiger partial charge in [-0.2, -0.15) is 0 Å². The number of nitrogens with zero attached hydrogens (tertiary/aromatic N) is 4. The molecule has 0 aliphatic carbocycles. The Labute approximate surface area is 233 Å². The predicted molar refractivity (Wildman–Crippen MR) is 149 cm³/mol. The maximum absolute atomic E-state index is 14.3. The molecule has 1 aromatic rings.